The number of hydrogen-bond acceptors (Lipinski definition) is 3. The first-order valence-electron chi connectivity index (χ1n) is 9.48. The Morgan fingerprint density at radius 2 is 1.74 bits per heavy atom. The highest BCUT2D eigenvalue weighted by Gasteiger charge is 2.30. The minimum Gasteiger partial charge on any atom is -0.444 e. The Hall–Kier alpha value is -0.770. The summed E-state index contributed by atoms with van der Waals surface area (Å²) >= 11 is 0. The monoisotopic (exact) mass is 324 g/mol. The van der Waals surface area contributed by atoms with Crippen molar-refractivity contribution in [3.05, 3.63) is 0 Å². The predicted molar refractivity (Wildman–Crippen MR) is 94.5 cm³/mol. The van der Waals surface area contributed by atoms with Gasteiger partial charge in [-0.2, -0.15) is 0 Å². The van der Waals surface area contributed by atoms with E-state index in [0.717, 1.165) is 31.3 Å². The normalized spacial score (nSPS) is 29.7. The molecule has 1 aliphatic carbocycles. The summed E-state index contributed by atoms with van der Waals surface area (Å²) in [5.74, 6) is 1.71. The lowest BCUT2D eigenvalue weighted by Crippen LogP contribution is -2.52. The summed E-state index contributed by atoms with van der Waals surface area (Å²) in [5, 5.41) is 3.82. The van der Waals surface area contributed by atoms with Crippen LogP contribution in [-0.2, 0) is 4.74 Å². The van der Waals surface area contributed by atoms with Gasteiger partial charge in [0.05, 0.1) is 0 Å². The molecule has 0 aromatic rings. The maximum Gasteiger partial charge on any atom is 0.410 e. The van der Waals surface area contributed by atoms with Crippen molar-refractivity contribution in [3.8, 4) is 0 Å². The first-order valence-corrected chi connectivity index (χ1v) is 9.48. The van der Waals surface area contributed by atoms with E-state index in [4.69, 9.17) is 4.74 Å². The Labute approximate surface area is 142 Å². The van der Waals surface area contributed by atoms with Crippen LogP contribution in [0.1, 0.15) is 73.1 Å². The fourth-order valence-electron chi connectivity index (χ4n) is 3.89. The van der Waals surface area contributed by atoms with Crippen molar-refractivity contribution in [2.45, 2.75) is 90.8 Å². The number of likely N-dealkylation sites (tertiary alicyclic amines) is 1. The van der Waals surface area contributed by atoms with Crippen molar-refractivity contribution in [2.24, 2.45) is 11.8 Å². The third kappa shape index (κ3) is 5.98. The van der Waals surface area contributed by atoms with E-state index in [9.17, 15) is 4.79 Å². The first kappa shape index (κ1) is 18.6. The Bertz CT molecular complexity index is 381. The maximum atomic E-state index is 12.2. The van der Waals surface area contributed by atoms with Gasteiger partial charge in [-0.1, -0.05) is 13.8 Å². The van der Waals surface area contributed by atoms with E-state index < -0.39 is 5.60 Å². The number of ether oxygens (including phenoxy) is 1. The molecule has 1 N–H and O–H groups in total. The Morgan fingerprint density at radius 3 is 2.30 bits per heavy atom. The van der Waals surface area contributed by atoms with Gasteiger partial charge in [0.25, 0.3) is 0 Å². The molecule has 1 heterocycles. The van der Waals surface area contributed by atoms with E-state index in [-0.39, 0.29) is 6.09 Å². The minimum atomic E-state index is -0.410. The summed E-state index contributed by atoms with van der Waals surface area (Å²) in [6, 6.07) is 1.06. The zero-order chi connectivity index (χ0) is 17.0. The molecule has 0 radical (unpaired) electrons. The average Bonchev–Trinajstić information content (AvgIpc) is 2.46. The van der Waals surface area contributed by atoms with Gasteiger partial charge in [-0.25, -0.2) is 4.79 Å². The van der Waals surface area contributed by atoms with E-state index in [2.05, 4.69) is 19.2 Å². The van der Waals surface area contributed by atoms with E-state index in [1.165, 1.54) is 32.1 Å². The molecule has 4 nitrogen and oxygen atoms in total. The van der Waals surface area contributed by atoms with Gasteiger partial charge in [-0.05, 0) is 71.1 Å². The highest BCUT2D eigenvalue weighted by Crippen LogP contribution is 2.30. The molecule has 23 heavy (non-hydrogen) atoms. The van der Waals surface area contributed by atoms with Gasteiger partial charge in [-0.3, -0.25) is 0 Å². The highest BCUT2D eigenvalue weighted by atomic mass is 16.6. The third-order valence-electron chi connectivity index (χ3n) is 5.26. The van der Waals surface area contributed by atoms with E-state index in [1.54, 1.807) is 0 Å². The molecule has 1 saturated carbocycles. The second-order valence-electron chi connectivity index (χ2n) is 8.79. The number of nitrogens with one attached hydrogen (secondary N) is 1. The fourth-order valence-corrected chi connectivity index (χ4v) is 3.89. The topological polar surface area (TPSA) is 41.6 Å². The number of carbonyl (C=O) groups is 1. The molecular formula is C19H36N2O2. The minimum absolute atomic E-state index is 0.160. The zero-order valence-corrected chi connectivity index (χ0v) is 15.7. The van der Waals surface area contributed by atoms with Gasteiger partial charge in [0, 0.05) is 25.2 Å². The summed E-state index contributed by atoms with van der Waals surface area (Å²) in [5.41, 5.74) is -0.410. The van der Waals surface area contributed by atoms with E-state index >= 15 is 0 Å². The molecule has 1 saturated heterocycles. The molecule has 0 aromatic carbocycles. The lowest BCUT2D eigenvalue weighted by atomic mass is 9.79. The van der Waals surface area contributed by atoms with Crippen molar-refractivity contribution in [2.75, 3.05) is 13.1 Å². The molecule has 0 bridgehead atoms. The molecule has 1 aliphatic heterocycles. The second kappa shape index (κ2) is 7.87. The fraction of sp³-hybridized carbons (Fsp3) is 0.947. The van der Waals surface area contributed by atoms with Gasteiger partial charge in [-0.15, -0.1) is 0 Å². The number of piperidine rings is 1. The van der Waals surface area contributed by atoms with Crippen LogP contribution in [0, 0.1) is 11.8 Å². The standard InChI is InChI=1S/C19H36N2O2/c1-14(2)15-8-10-16(11-9-15)20-17-7-6-12-21(13-17)18(22)23-19(3,4)5/h14-17,20H,6-13H2,1-5H3. The van der Waals surface area contributed by atoms with Gasteiger partial charge < -0.3 is 15.0 Å². The SMILES string of the molecule is CC(C)C1CCC(NC2CCCN(C(=O)OC(C)(C)C)C2)CC1. The van der Waals surface area contributed by atoms with Crippen LogP contribution in [0.15, 0.2) is 0 Å². The molecule has 1 atom stereocenters. The lowest BCUT2D eigenvalue weighted by molar-refractivity contribution is 0.0179. The smallest absolute Gasteiger partial charge is 0.410 e. The largest absolute Gasteiger partial charge is 0.444 e. The Balaban J connectivity index is 1.77. The highest BCUT2D eigenvalue weighted by molar-refractivity contribution is 5.68. The van der Waals surface area contributed by atoms with Crippen LogP contribution in [0.4, 0.5) is 4.79 Å². The number of nitrogens with zero attached hydrogens (tertiary/aromatic N) is 1. The van der Waals surface area contributed by atoms with Gasteiger partial charge in [0.2, 0.25) is 0 Å². The van der Waals surface area contributed by atoms with Crippen molar-refractivity contribution in [3.63, 3.8) is 0 Å². The molecule has 2 fully saturated rings. The molecule has 134 valence electrons. The molecule has 2 rings (SSSR count). The summed E-state index contributed by atoms with van der Waals surface area (Å²) in [6.07, 6.45) is 7.34. The molecule has 4 heteroatoms. The number of carbonyl (C=O) groups excluding carboxylic acids is 1. The molecule has 0 spiro atoms. The zero-order valence-electron chi connectivity index (χ0n) is 15.7. The maximum absolute atomic E-state index is 12.2. The van der Waals surface area contributed by atoms with Crippen LogP contribution in [-0.4, -0.2) is 41.8 Å². The van der Waals surface area contributed by atoms with Crippen LogP contribution in [0.2, 0.25) is 0 Å². The Morgan fingerprint density at radius 1 is 1.09 bits per heavy atom. The van der Waals surface area contributed by atoms with E-state index in [1.807, 2.05) is 25.7 Å². The number of rotatable bonds is 3. The van der Waals surface area contributed by atoms with Crippen LogP contribution < -0.4 is 5.32 Å². The van der Waals surface area contributed by atoms with Gasteiger partial charge in [0.15, 0.2) is 0 Å². The summed E-state index contributed by atoms with van der Waals surface area (Å²) in [7, 11) is 0. The number of hydrogen-bond donors (Lipinski definition) is 1. The molecule has 1 unspecified atom stereocenters. The molecular weight excluding hydrogens is 288 g/mol. The Kier molecular flexibility index (Phi) is 6.35. The van der Waals surface area contributed by atoms with Gasteiger partial charge >= 0.3 is 6.09 Å². The summed E-state index contributed by atoms with van der Waals surface area (Å²) < 4.78 is 5.52. The van der Waals surface area contributed by atoms with Crippen LogP contribution in [0.5, 0.6) is 0 Å². The predicted octanol–water partition coefficient (Wildman–Crippen LogP) is 4.19. The van der Waals surface area contributed by atoms with Crippen LogP contribution >= 0.6 is 0 Å². The average molecular weight is 325 g/mol. The van der Waals surface area contributed by atoms with Crippen molar-refractivity contribution in [1.29, 1.82) is 0 Å². The molecule has 0 aromatic heterocycles. The number of amides is 1. The second-order valence-corrected chi connectivity index (χ2v) is 8.79. The van der Waals surface area contributed by atoms with Crippen LogP contribution in [0.25, 0.3) is 0 Å². The van der Waals surface area contributed by atoms with Crippen molar-refractivity contribution < 1.29 is 9.53 Å². The molecule has 1 amide bonds. The summed E-state index contributed by atoms with van der Waals surface area (Å²) in [6.45, 7) is 12.1. The van der Waals surface area contributed by atoms with Gasteiger partial charge in [0.1, 0.15) is 5.60 Å². The lowest BCUT2D eigenvalue weighted by Gasteiger charge is -2.38. The third-order valence-corrected chi connectivity index (χ3v) is 5.26. The quantitative estimate of drug-likeness (QED) is 0.846. The summed E-state index contributed by atoms with van der Waals surface area (Å²) in [4.78, 5) is 14.1. The molecule has 2 aliphatic rings. The van der Waals surface area contributed by atoms with Crippen LogP contribution in [0.3, 0.4) is 0 Å². The van der Waals surface area contributed by atoms with Crippen molar-refractivity contribution >= 4 is 6.09 Å². The first-order chi connectivity index (χ1) is 10.7. The van der Waals surface area contributed by atoms with Crippen molar-refractivity contribution in [1.82, 2.24) is 10.2 Å². The van der Waals surface area contributed by atoms with E-state index in [0.29, 0.717) is 12.1 Å².